The smallest absolute Gasteiger partial charge is 0.155 e. The molecule has 0 radical (unpaired) electrons. The lowest BCUT2D eigenvalue weighted by molar-refractivity contribution is 0.553. The molecule has 0 aromatic carbocycles. The van der Waals surface area contributed by atoms with Gasteiger partial charge in [-0.2, -0.15) is 0 Å². The quantitative estimate of drug-likeness (QED) is 0.527. The van der Waals surface area contributed by atoms with E-state index in [0.717, 1.165) is 19.3 Å². The zero-order valence-electron chi connectivity index (χ0n) is 10.9. The van der Waals surface area contributed by atoms with Crippen LogP contribution in [0.2, 0.25) is 0 Å². The normalized spacial score (nSPS) is 15.1. The molecule has 1 unspecified atom stereocenters. The molecule has 0 amide bonds. The van der Waals surface area contributed by atoms with Gasteiger partial charge in [-0.05, 0) is 40.0 Å². The maximum Gasteiger partial charge on any atom is 0.155 e. The number of halogens is 1. The molecule has 4 heteroatoms. The van der Waals surface area contributed by atoms with Crippen LogP contribution in [-0.4, -0.2) is 23.7 Å². The number of alkyl halides is 1. The van der Waals surface area contributed by atoms with Crippen LogP contribution in [0.5, 0.6) is 0 Å². The molecule has 0 saturated carbocycles. The van der Waals surface area contributed by atoms with Gasteiger partial charge >= 0.3 is 0 Å². The monoisotopic (exact) mass is 312 g/mol. The summed E-state index contributed by atoms with van der Waals surface area (Å²) in [7, 11) is -2.92. The molecular formula is C12H25BrO2S. The molecular weight excluding hydrogens is 288 g/mol. The van der Waals surface area contributed by atoms with Crippen molar-refractivity contribution < 1.29 is 8.42 Å². The molecule has 0 spiro atoms. The Balaban J connectivity index is 3.84. The van der Waals surface area contributed by atoms with Crippen LogP contribution in [0.3, 0.4) is 0 Å². The van der Waals surface area contributed by atoms with Crippen molar-refractivity contribution >= 4 is 25.8 Å². The molecule has 0 aliphatic rings. The number of unbranched alkanes of at least 4 members (excludes halogenated alkanes) is 1. The molecule has 2 nitrogen and oxygen atoms in total. The Morgan fingerprint density at radius 3 is 2.12 bits per heavy atom. The summed E-state index contributed by atoms with van der Waals surface area (Å²) in [6.45, 7) is 7.48. The zero-order valence-corrected chi connectivity index (χ0v) is 13.3. The predicted molar refractivity (Wildman–Crippen MR) is 75.0 cm³/mol. The molecule has 0 aromatic rings. The average molecular weight is 313 g/mol. The highest BCUT2D eigenvalue weighted by Crippen LogP contribution is 2.19. The summed E-state index contributed by atoms with van der Waals surface area (Å²) in [4.78, 5) is 0.551. The molecule has 0 heterocycles. The highest BCUT2D eigenvalue weighted by Gasteiger charge is 2.27. The van der Waals surface area contributed by atoms with Gasteiger partial charge in [-0.1, -0.05) is 35.7 Å². The largest absolute Gasteiger partial charge is 0.228 e. The SMILES string of the molecule is CCCC(Br)CCCCS(=O)(=O)C(C)(C)C. The van der Waals surface area contributed by atoms with E-state index in [-0.39, 0.29) is 0 Å². The first-order chi connectivity index (χ1) is 7.20. The third-order valence-electron chi connectivity index (χ3n) is 2.72. The van der Waals surface area contributed by atoms with Crippen LogP contribution in [0.4, 0.5) is 0 Å². The van der Waals surface area contributed by atoms with Crippen molar-refractivity contribution in [3.8, 4) is 0 Å². The fourth-order valence-electron chi connectivity index (χ4n) is 1.42. The van der Waals surface area contributed by atoms with Gasteiger partial charge in [0.05, 0.1) is 10.5 Å². The molecule has 0 saturated heterocycles. The van der Waals surface area contributed by atoms with Crippen LogP contribution in [0.1, 0.15) is 59.8 Å². The molecule has 98 valence electrons. The average Bonchev–Trinajstić information content (AvgIpc) is 2.11. The van der Waals surface area contributed by atoms with E-state index in [2.05, 4.69) is 22.9 Å². The highest BCUT2D eigenvalue weighted by molar-refractivity contribution is 9.09. The van der Waals surface area contributed by atoms with Crippen molar-refractivity contribution in [2.24, 2.45) is 0 Å². The first kappa shape index (κ1) is 16.4. The summed E-state index contributed by atoms with van der Waals surface area (Å²) >= 11 is 3.61. The van der Waals surface area contributed by atoms with Gasteiger partial charge in [0.1, 0.15) is 0 Å². The number of rotatable bonds is 7. The van der Waals surface area contributed by atoms with Crippen molar-refractivity contribution in [1.29, 1.82) is 0 Å². The Hall–Kier alpha value is 0.430. The molecule has 0 aliphatic heterocycles. The van der Waals surface area contributed by atoms with Gasteiger partial charge in [-0.25, -0.2) is 8.42 Å². The second kappa shape index (κ2) is 7.00. The van der Waals surface area contributed by atoms with Crippen LogP contribution >= 0.6 is 15.9 Å². The summed E-state index contributed by atoms with van der Waals surface area (Å²) < 4.78 is 23.0. The van der Waals surface area contributed by atoms with E-state index in [4.69, 9.17) is 0 Å². The number of hydrogen-bond acceptors (Lipinski definition) is 2. The van der Waals surface area contributed by atoms with Crippen molar-refractivity contribution in [3.05, 3.63) is 0 Å². The predicted octanol–water partition coefficient (Wildman–Crippen LogP) is 3.93. The summed E-state index contributed by atoms with van der Waals surface area (Å²) in [5, 5.41) is 0. The molecule has 0 bridgehead atoms. The van der Waals surface area contributed by atoms with E-state index >= 15 is 0 Å². The van der Waals surface area contributed by atoms with E-state index in [1.807, 2.05) is 0 Å². The highest BCUT2D eigenvalue weighted by atomic mass is 79.9. The fraction of sp³-hybridized carbons (Fsp3) is 1.00. The molecule has 0 rings (SSSR count). The second-order valence-electron chi connectivity index (χ2n) is 5.31. The van der Waals surface area contributed by atoms with E-state index in [0.29, 0.717) is 10.6 Å². The van der Waals surface area contributed by atoms with Crippen molar-refractivity contribution in [2.45, 2.75) is 69.4 Å². The first-order valence-electron chi connectivity index (χ1n) is 6.07. The number of hydrogen-bond donors (Lipinski definition) is 0. The lowest BCUT2D eigenvalue weighted by atomic mass is 10.1. The Bertz CT molecular complexity index is 278. The molecule has 0 aromatic heterocycles. The minimum Gasteiger partial charge on any atom is -0.228 e. The summed E-state index contributed by atoms with van der Waals surface area (Å²) in [6.07, 6.45) is 5.20. The maximum atomic E-state index is 11.8. The summed E-state index contributed by atoms with van der Waals surface area (Å²) in [6, 6.07) is 0. The Morgan fingerprint density at radius 1 is 1.12 bits per heavy atom. The van der Waals surface area contributed by atoms with Crippen molar-refractivity contribution in [2.75, 3.05) is 5.75 Å². The number of sulfone groups is 1. The molecule has 0 fully saturated rings. The Morgan fingerprint density at radius 2 is 1.69 bits per heavy atom. The molecule has 1 atom stereocenters. The van der Waals surface area contributed by atoms with Crippen LogP contribution < -0.4 is 0 Å². The summed E-state index contributed by atoms with van der Waals surface area (Å²) in [5.74, 6) is 0.322. The third kappa shape index (κ3) is 6.24. The molecule has 0 N–H and O–H groups in total. The van der Waals surface area contributed by atoms with Gasteiger partial charge in [0.2, 0.25) is 0 Å². The topological polar surface area (TPSA) is 34.1 Å². The minimum atomic E-state index is -2.92. The third-order valence-corrected chi connectivity index (χ3v) is 6.32. The van der Waals surface area contributed by atoms with Crippen LogP contribution in [0, 0.1) is 0 Å². The molecule has 0 aliphatic carbocycles. The zero-order chi connectivity index (χ0) is 12.8. The van der Waals surface area contributed by atoms with Crippen LogP contribution in [-0.2, 0) is 9.84 Å². The van der Waals surface area contributed by atoms with Gasteiger partial charge < -0.3 is 0 Å². The van der Waals surface area contributed by atoms with Gasteiger partial charge in [0, 0.05) is 4.83 Å². The van der Waals surface area contributed by atoms with Crippen molar-refractivity contribution in [1.82, 2.24) is 0 Å². The second-order valence-corrected chi connectivity index (χ2v) is 9.47. The first-order valence-corrected chi connectivity index (χ1v) is 8.64. The van der Waals surface area contributed by atoms with Crippen LogP contribution in [0.25, 0.3) is 0 Å². The lowest BCUT2D eigenvalue weighted by Gasteiger charge is -2.19. The van der Waals surface area contributed by atoms with E-state index in [1.54, 1.807) is 20.8 Å². The summed E-state index contributed by atoms with van der Waals surface area (Å²) in [5.41, 5.74) is 0. The minimum absolute atomic E-state index is 0.322. The van der Waals surface area contributed by atoms with E-state index in [1.165, 1.54) is 12.8 Å². The lowest BCUT2D eigenvalue weighted by Crippen LogP contribution is -2.30. The fourth-order valence-corrected chi connectivity index (χ4v) is 3.40. The van der Waals surface area contributed by atoms with E-state index in [9.17, 15) is 8.42 Å². The Labute approximate surface area is 109 Å². The van der Waals surface area contributed by atoms with Crippen LogP contribution in [0.15, 0.2) is 0 Å². The van der Waals surface area contributed by atoms with Gasteiger partial charge in [-0.15, -0.1) is 0 Å². The Kier molecular flexibility index (Phi) is 7.18. The van der Waals surface area contributed by atoms with E-state index < -0.39 is 14.6 Å². The van der Waals surface area contributed by atoms with Gasteiger partial charge in [0.25, 0.3) is 0 Å². The molecule has 16 heavy (non-hydrogen) atoms. The van der Waals surface area contributed by atoms with Gasteiger partial charge in [-0.3, -0.25) is 0 Å². The standard InChI is InChI=1S/C12H25BrO2S/c1-5-8-11(13)9-6-7-10-16(14,15)12(2,3)4/h11H,5-10H2,1-4H3. The maximum absolute atomic E-state index is 11.8. The van der Waals surface area contributed by atoms with Crippen molar-refractivity contribution in [3.63, 3.8) is 0 Å². The van der Waals surface area contributed by atoms with Gasteiger partial charge in [0.15, 0.2) is 9.84 Å².